The molecule has 0 fully saturated rings. The van der Waals surface area contributed by atoms with Gasteiger partial charge >= 0.3 is 12.1 Å². The van der Waals surface area contributed by atoms with E-state index in [-0.39, 0.29) is 17.9 Å². The summed E-state index contributed by atoms with van der Waals surface area (Å²) in [6, 6.07) is 3.12. The Morgan fingerprint density at radius 1 is 1.05 bits per heavy atom. The number of nitrogens with two attached hydrogens (primary N) is 1. The van der Waals surface area contributed by atoms with Crippen LogP contribution in [-0.2, 0) is 28.7 Å². The van der Waals surface area contributed by atoms with Gasteiger partial charge in [-0.25, -0.2) is 4.79 Å². The number of primary amides is 1. The van der Waals surface area contributed by atoms with Crippen LogP contribution in [0, 0.1) is 0 Å². The third kappa shape index (κ3) is 12.1. The summed E-state index contributed by atoms with van der Waals surface area (Å²) < 4.78 is 9.84. The van der Waals surface area contributed by atoms with E-state index in [0.29, 0.717) is 6.42 Å². The van der Waals surface area contributed by atoms with Gasteiger partial charge in [-0.05, 0) is 33.3 Å². The van der Waals surface area contributed by atoms with Crippen molar-refractivity contribution in [3.8, 4) is 5.75 Å². The first kappa shape index (κ1) is 33.2. The van der Waals surface area contributed by atoms with Crippen LogP contribution in [0.5, 0.6) is 5.75 Å². The second-order valence-corrected chi connectivity index (χ2v) is 10.1. The first-order valence-corrected chi connectivity index (χ1v) is 13.0. The molecule has 218 valence electrons. The van der Waals surface area contributed by atoms with E-state index < -0.39 is 60.4 Å². The van der Waals surface area contributed by atoms with Gasteiger partial charge in [0.05, 0.1) is 13.5 Å². The SMILES string of the molecule is CCCCCCCN(C(=O)C(CC(N)=O)NC(=O)OC(C)(C)C)C(C(=O)NCC(=O)OC)c1ccccc1O. The molecule has 0 aliphatic heterocycles. The molecule has 0 aromatic heterocycles. The molecule has 0 aliphatic carbocycles. The van der Waals surface area contributed by atoms with Crippen LogP contribution in [0.2, 0.25) is 0 Å². The van der Waals surface area contributed by atoms with Gasteiger partial charge in [0, 0.05) is 12.1 Å². The molecule has 39 heavy (non-hydrogen) atoms. The van der Waals surface area contributed by atoms with E-state index >= 15 is 0 Å². The van der Waals surface area contributed by atoms with Crippen LogP contribution in [-0.4, -0.2) is 71.6 Å². The highest BCUT2D eigenvalue weighted by atomic mass is 16.6. The lowest BCUT2D eigenvalue weighted by molar-refractivity contribution is -0.145. The second-order valence-electron chi connectivity index (χ2n) is 10.1. The molecule has 0 aliphatic rings. The van der Waals surface area contributed by atoms with E-state index in [4.69, 9.17) is 10.5 Å². The maximum Gasteiger partial charge on any atom is 0.408 e. The van der Waals surface area contributed by atoms with E-state index in [1.807, 2.05) is 0 Å². The molecule has 12 nitrogen and oxygen atoms in total. The van der Waals surface area contributed by atoms with E-state index in [0.717, 1.165) is 32.8 Å². The summed E-state index contributed by atoms with van der Waals surface area (Å²) in [5.41, 5.74) is 4.60. The number of rotatable bonds is 15. The van der Waals surface area contributed by atoms with Crippen molar-refractivity contribution in [2.24, 2.45) is 5.73 Å². The van der Waals surface area contributed by atoms with Crippen molar-refractivity contribution >= 4 is 29.8 Å². The van der Waals surface area contributed by atoms with E-state index in [1.54, 1.807) is 32.9 Å². The lowest BCUT2D eigenvalue weighted by atomic mass is 10.00. The summed E-state index contributed by atoms with van der Waals surface area (Å²) in [5.74, 6) is -3.38. The minimum Gasteiger partial charge on any atom is -0.508 e. The number of unbranched alkanes of at least 4 members (excludes halogenated alkanes) is 4. The molecule has 4 amide bonds. The molecule has 0 spiro atoms. The summed E-state index contributed by atoms with van der Waals surface area (Å²) in [7, 11) is 1.16. The fourth-order valence-electron chi connectivity index (χ4n) is 3.80. The number of hydrogen-bond donors (Lipinski definition) is 4. The molecular weight excluding hydrogens is 508 g/mol. The van der Waals surface area contributed by atoms with Crippen molar-refractivity contribution in [3.05, 3.63) is 29.8 Å². The molecule has 12 heteroatoms. The maximum atomic E-state index is 13.9. The van der Waals surface area contributed by atoms with Crippen LogP contribution >= 0.6 is 0 Å². The molecule has 1 rings (SSSR count). The third-order valence-corrected chi connectivity index (χ3v) is 5.61. The van der Waals surface area contributed by atoms with E-state index in [9.17, 15) is 29.1 Å². The van der Waals surface area contributed by atoms with Crippen molar-refractivity contribution in [1.82, 2.24) is 15.5 Å². The maximum absolute atomic E-state index is 13.9. The number of ether oxygens (including phenoxy) is 2. The number of hydrogen-bond acceptors (Lipinski definition) is 8. The fourth-order valence-corrected chi connectivity index (χ4v) is 3.80. The molecule has 0 heterocycles. The number of amides is 4. The van der Waals surface area contributed by atoms with Gasteiger partial charge in [0.2, 0.25) is 17.7 Å². The van der Waals surface area contributed by atoms with Crippen molar-refractivity contribution in [2.75, 3.05) is 20.2 Å². The predicted octanol–water partition coefficient (Wildman–Crippen LogP) is 2.29. The zero-order valence-electron chi connectivity index (χ0n) is 23.5. The van der Waals surface area contributed by atoms with Gasteiger partial charge in [-0.3, -0.25) is 19.2 Å². The normalized spacial score (nSPS) is 12.5. The standard InChI is InChI=1S/C27H42N4O8/c1-6-7-8-9-12-15-31(25(36)19(16-21(28)33)30-26(37)39-27(2,3)4)23(18-13-10-11-14-20(18)32)24(35)29-17-22(34)38-5/h10-11,13-14,19,23,32H,6-9,12,15-17H2,1-5H3,(H2,28,33)(H,29,35)(H,30,37). The summed E-state index contributed by atoms with van der Waals surface area (Å²) in [5, 5.41) is 15.4. The van der Waals surface area contributed by atoms with Crippen LogP contribution < -0.4 is 16.4 Å². The number of nitrogens with one attached hydrogen (secondary N) is 2. The first-order valence-electron chi connectivity index (χ1n) is 13.0. The van der Waals surface area contributed by atoms with Crippen molar-refractivity contribution in [1.29, 1.82) is 0 Å². The Labute approximate surface area is 229 Å². The lowest BCUT2D eigenvalue weighted by Crippen LogP contribution is -2.54. The summed E-state index contributed by atoms with van der Waals surface area (Å²) >= 11 is 0. The Hall–Kier alpha value is -3.83. The highest BCUT2D eigenvalue weighted by Crippen LogP contribution is 2.30. The third-order valence-electron chi connectivity index (χ3n) is 5.61. The second kappa shape index (κ2) is 16.2. The Morgan fingerprint density at radius 3 is 2.26 bits per heavy atom. The number of carbonyl (C=O) groups is 5. The number of methoxy groups -OCH3 is 1. The van der Waals surface area contributed by atoms with Gasteiger partial charge in [-0.1, -0.05) is 50.8 Å². The molecule has 5 N–H and O–H groups in total. The number of para-hydroxylation sites is 1. The molecule has 0 saturated heterocycles. The number of phenols is 1. The summed E-state index contributed by atoms with van der Waals surface area (Å²) in [6.07, 6.45) is 2.63. The summed E-state index contributed by atoms with van der Waals surface area (Å²) in [6.45, 7) is 6.56. The van der Waals surface area contributed by atoms with E-state index in [2.05, 4.69) is 22.3 Å². The number of phenolic OH excluding ortho intramolecular Hbond substituents is 1. The Bertz CT molecular complexity index is 992. The zero-order chi connectivity index (χ0) is 29.6. The first-order chi connectivity index (χ1) is 18.3. The Balaban J connectivity index is 3.50. The van der Waals surface area contributed by atoms with Gasteiger partial charge in [0.15, 0.2) is 0 Å². The van der Waals surface area contributed by atoms with Crippen LogP contribution in [0.3, 0.4) is 0 Å². The van der Waals surface area contributed by atoms with Crippen LogP contribution in [0.1, 0.15) is 77.8 Å². The quantitative estimate of drug-likeness (QED) is 0.190. The average molecular weight is 551 g/mol. The summed E-state index contributed by atoms with van der Waals surface area (Å²) in [4.78, 5) is 64.6. The van der Waals surface area contributed by atoms with Crippen molar-refractivity contribution in [3.63, 3.8) is 0 Å². The molecule has 1 aromatic rings. The van der Waals surface area contributed by atoms with Crippen molar-refractivity contribution in [2.45, 2.75) is 83.9 Å². The van der Waals surface area contributed by atoms with Gasteiger partial charge < -0.3 is 35.8 Å². The topological polar surface area (TPSA) is 177 Å². The molecule has 2 atom stereocenters. The van der Waals surface area contributed by atoms with E-state index in [1.165, 1.54) is 17.0 Å². The van der Waals surface area contributed by atoms with Gasteiger partial charge in [0.1, 0.15) is 30.0 Å². The predicted molar refractivity (Wildman–Crippen MR) is 143 cm³/mol. The molecule has 2 unspecified atom stereocenters. The lowest BCUT2D eigenvalue weighted by Gasteiger charge is -2.34. The monoisotopic (exact) mass is 550 g/mol. The Morgan fingerprint density at radius 2 is 1.69 bits per heavy atom. The fraction of sp³-hybridized carbons (Fsp3) is 0.593. The molecule has 1 aromatic carbocycles. The highest BCUT2D eigenvalue weighted by molar-refractivity contribution is 5.95. The highest BCUT2D eigenvalue weighted by Gasteiger charge is 2.38. The zero-order valence-corrected chi connectivity index (χ0v) is 23.5. The number of esters is 1. The average Bonchev–Trinajstić information content (AvgIpc) is 2.84. The molecule has 0 radical (unpaired) electrons. The van der Waals surface area contributed by atoms with Crippen LogP contribution in [0.25, 0.3) is 0 Å². The Kier molecular flexibility index (Phi) is 13.8. The van der Waals surface area contributed by atoms with Crippen LogP contribution in [0.4, 0.5) is 4.79 Å². The smallest absolute Gasteiger partial charge is 0.408 e. The number of benzene rings is 1. The van der Waals surface area contributed by atoms with Gasteiger partial charge in [0.25, 0.3) is 0 Å². The van der Waals surface area contributed by atoms with Gasteiger partial charge in [-0.2, -0.15) is 0 Å². The minimum atomic E-state index is -1.45. The molecular formula is C27H42N4O8. The molecule has 0 bridgehead atoms. The number of nitrogens with zero attached hydrogens (tertiary/aromatic N) is 1. The van der Waals surface area contributed by atoms with Crippen molar-refractivity contribution < 1.29 is 38.6 Å². The largest absolute Gasteiger partial charge is 0.508 e. The van der Waals surface area contributed by atoms with Gasteiger partial charge in [-0.15, -0.1) is 0 Å². The number of carbonyl (C=O) groups excluding carboxylic acids is 5. The number of aromatic hydroxyl groups is 1. The minimum absolute atomic E-state index is 0.0540. The number of alkyl carbamates (subject to hydrolysis) is 1. The molecule has 0 saturated carbocycles. The van der Waals surface area contributed by atoms with Crippen LogP contribution in [0.15, 0.2) is 24.3 Å².